The third kappa shape index (κ3) is 2.63. The van der Waals surface area contributed by atoms with Gasteiger partial charge in [-0.05, 0) is 18.4 Å². The first-order chi connectivity index (χ1) is 6.55. The lowest BCUT2D eigenvalue weighted by Crippen LogP contribution is -2.12. The van der Waals surface area contributed by atoms with Gasteiger partial charge in [-0.15, -0.1) is 0 Å². The van der Waals surface area contributed by atoms with Crippen LogP contribution in [-0.4, -0.2) is 0 Å². The van der Waals surface area contributed by atoms with Crippen molar-refractivity contribution in [3.63, 3.8) is 0 Å². The summed E-state index contributed by atoms with van der Waals surface area (Å²) >= 11 is 0. The van der Waals surface area contributed by atoms with Crippen molar-refractivity contribution in [1.82, 2.24) is 0 Å². The summed E-state index contributed by atoms with van der Waals surface area (Å²) in [6, 6.07) is 8.15. The van der Waals surface area contributed by atoms with E-state index in [4.69, 9.17) is 4.74 Å². The first kappa shape index (κ1) is 10.8. The highest BCUT2D eigenvalue weighted by atomic mass is 16.5. The number of benzene rings is 1. The first-order valence-corrected chi connectivity index (χ1v) is 4.93. The van der Waals surface area contributed by atoms with Crippen LogP contribution >= 0.6 is 0 Å². The van der Waals surface area contributed by atoms with E-state index in [1.807, 2.05) is 31.2 Å². The predicted molar refractivity (Wildman–Crippen MR) is 60.6 cm³/mol. The SMILES string of the molecule is CC=COc1ccccc1C(C)(C)C. The number of para-hydroxylation sites is 1. The van der Waals surface area contributed by atoms with Crippen molar-refractivity contribution in [3.05, 3.63) is 42.2 Å². The van der Waals surface area contributed by atoms with Crippen LogP contribution in [0.25, 0.3) is 0 Å². The maximum Gasteiger partial charge on any atom is 0.130 e. The van der Waals surface area contributed by atoms with Crippen LogP contribution in [0.1, 0.15) is 33.3 Å². The highest BCUT2D eigenvalue weighted by Gasteiger charge is 2.17. The summed E-state index contributed by atoms with van der Waals surface area (Å²) in [5.74, 6) is 0.943. The van der Waals surface area contributed by atoms with Gasteiger partial charge in [0.15, 0.2) is 0 Å². The molecule has 14 heavy (non-hydrogen) atoms. The van der Waals surface area contributed by atoms with E-state index in [2.05, 4.69) is 26.8 Å². The maximum atomic E-state index is 5.53. The van der Waals surface area contributed by atoms with Crippen molar-refractivity contribution in [2.24, 2.45) is 0 Å². The molecule has 0 saturated carbocycles. The molecule has 1 aromatic carbocycles. The number of rotatable bonds is 2. The molecule has 0 radical (unpaired) electrons. The topological polar surface area (TPSA) is 9.23 Å². The second kappa shape index (κ2) is 4.32. The Kier molecular flexibility index (Phi) is 3.34. The van der Waals surface area contributed by atoms with Gasteiger partial charge in [-0.1, -0.05) is 45.0 Å². The molecular weight excluding hydrogens is 172 g/mol. The van der Waals surface area contributed by atoms with E-state index in [9.17, 15) is 0 Å². The lowest BCUT2D eigenvalue weighted by atomic mass is 9.86. The van der Waals surface area contributed by atoms with Gasteiger partial charge in [0.25, 0.3) is 0 Å². The molecule has 0 aliphatic carbocycles. The quantitative estimate of drug-likeness (QED) is 0.643. The Bertz CT molecular complexity index is 318. The van der Waals surface area contributed by atoms with Crippen LogP contribution in [0.4, 0.5) is 0 Å². The molecule has 1 rings (SSSR count). The fourth-order valence-corrected chi connectivity index (χ4v) is 1.33. The summed E-state index contributed by atoms with van der Waals surface area (Å²) in [5, 5.41) is 0. The first-order valence-electron chi connectivity index (χ1n) is 4.93. The Morgan fingerprint density at radius 3 is 2.36 bits per heavy atom. The van der Waals surface area contributed by atoms with Gasteiger partial charge >= 0.3 is 0 Å². The van der Waals surface area contributed by atoms with Crippen LogP contribution < -0.4 is 4.74 Å². The van der Waals surface area contributed by atoms with Gasteiger partial charge in [0.05, 0.1) is 6.26 Å². The summed E-state index contributed by atoms with van der Waals surface area (Å²) in [6.45, 7) is 8.50. The van der Waals surface area contributed by atoms with Crippen LogP contribution in [0, 0.1) is 0 Å². The zero-order chi connectivity index (χ0) is 10.6. The summed E-state index contributed by atoms with van der Waals surface area (Å²) < 4.78 is 5.53. The highest BCUT2D eigenvalue weighted by molar-refractivity contribution is 5.38. The van der Waals surface area contributed by atoms with Crippen LogP contribution in [0.2, 0.25) is 0 Å². The van der Waals surface area contributed by atoms with E-state index in [1.165, 1.54) is 5.56 Å². The lowest BCUT2D eigenvalue weighted by Gasteiger charge is -2.21. The summed E-state index contributed by atoms with van der Waals surface area (Å²) in [7, 11) is 0. The van der Waals surface area contributed by atoms with Crippen LogP contribution in [0.3, 0.4) is 0 Å². The summed E-state index contributed by atoms with van der Waals surface area (Å²) in [5.41, 5.74) is 1.36. The Morgan fingerprint density at radius 2 is 1.79 bits per heavy atom. The van der Waals surface area contributed by atoms with E-state index in [0.717, 1.165) is 5.75 Å². The Labute approximate surface area is 86.4 Å². The monoisotopic (exact) mass is 190 g/mol. The number of hydrogen-bond donors (Lipinski definition) is 0. The van der Waals surface area contributed by atoms with E-state index < -0.39 is 0 Å². The van der Waals surface area contributed by atoms with E-state index in [-0.39, 0.29) is 5.41 Å². The van der Waals surface area contributed by atoms with E-state index >= 15 is 0 Å². The summed E-state index contributed by atoms with van der Waals surface area (Å²) in [4.78, 5) is 0. The van der Waals surface area contributed by atoms with Crippen molar-refractivity contribution in [2.75, 3.05) is 0 Å². The van der Waals surface area contributed by atoms with Crippen molar-refractivity contribution in [1.29, 1.82) is 0 Å². The maximum absolute atomic E-state index is 5.53. The number of ether oxygens (including phenoxy) is 1. The molecule has 0 unspecified atom stereocenters. The third-order valence-electron chi connectivity index (χ3n) is 2.03. The molecule has 1 heteroatoms. The third-order valence-corrected chi connectivity index (χ3v) is 2.03. The molecule has 0 fully saturated rings. The highest BCUT2D eigenvalue weighted by Crippen LogP contribution is 2.30. The van der Waals surface area contributed by atoms with Crippen molar-refractivity contribution in [2.45, 2.75) is 33.1 Å². The van der Waals surface area contributed by atoms with Crippen molar-refractivity contribution in [3.8, 4) is 5.75 Å². The van der Waals surface area contributed by atoms with E-state index in [1.54, 1.807) is 6.26 Å². The Balaban J connectivity index is 3.03. The van der Waals surface area contributed by atoms with E-state index in [0.29, 0.717) is 0 Å². The smallest absolute Gasteiger partial charge is 0.130 e. The number of allylic oxidation sites excluding steroid dienone is 1. The van der Waals surface area contributed by atoms with Gasteiger partial charge < -0.3 is 4.74 Å². The second-order valence-electron chi connectivity index (χ2n) is 4.33. The molecule has 0 aliphatic rings. The van der Waals surface area contributed by atoms with Crippen LogP contribution in [-0.2, 0) is 5.41 Å². The number of hydrogen-bond acceptors (Lipinski definition) is 1. The van der Waals surface area contributed by atoms with Gasteiger partial charge in [-0.3, -0.25) is 0 Å². The second-order valence-corrected chi connectivity index (χ2v) is 4.33. The van der Waals surface area contributed by atoms with Gasteiger partial charge in [0.2, 0.25) is 0 Å². The molecular formula is C13H18O. The fourth-order valence-electron chi connectivity index (χ4n) is 1.33. The Hall–Kier alpha value is -1.24. The minimum atomic E-state index is 0.123. The van der Waals surface area contributed by atoms with Gasteiger partial charge in [0, 0.05) is 5.56 Å². The minimum absolute atomic E-state index is 0.123. The lowest BCUT2D eigenvalue weighted by molar-refractivity contribution is 0.453. The molecule has 0 aliphatic heterocycles. The largest absolute Gasteiger partial charge is 0.465 e. The van der Waals surface area contributed by atoms with Gasteiger partial charge in [-0.2, -0.15) is 0 Å². The molecule has 1 aromatic rings. The zero-order valence-electron chi connectivity index (χ0n) is 9.37. The molecule has 0 N–H and O–H groups in total. The Morgan fingerprint density at radius 1 is 1.14 bits per heavy atom. The van der Waals surface area contributed by atoms with Crippen LogP contribution in [0.15, 0.2) is 36.6 Å². The molecule has 0 heterocycles. The van der Waals surface area contributed by atoms with Crippen molar-refractivity contribution >= 4 is 0 Å². The molecule has 76 valence electrons. The van der Waals surface area contributed by atoms with Gasteiger partial charge in [0.1, 0.15) is 5.75 Å². The fraction of sp³-hybridized carbons (Fsp3) is 0.385. The molecule has 0 bridgehead atoms. The zero-order valence-corrected chi connectivity index (χ0v) is 9.37. The molecule has 1 nitrogen and oxygen atoms in total. The van der Waals surface area contributed by atoms with Gasteiger partial charge in [-0.25, -0.2) is 0 Å². The average molecular weight is 190 g/mol. The summed E-state index contributed by atoms with van der Waals surface area (Å²) in [6.07, 6.45) is 3.60. The van der Waals surface area contributed by atoms with Crippen molar-refractivity contribution < 1.29 is 4.74 Å². The molecule has 0 aromatic heterocycles. The normalized spacial score (nSPS) is 12.0. The molecule has 0 amide bonds. The minimum Gasteiger partial charge on any atom is -0.465 e. The predicted octanol–water partition coefficient (Wildman–Crippen LogP) is 3.90. The van der Waals surface area contributed by atoms with Crippen LogP contribution in [0.5, 0.6) is 5.75 Å². The molecule has 0 spiro atoms. The average Bonchev–Trinajstić information content (AvgIpc) is 2.14. The molecule has 0 atom stereocenters. The molecule has 0 saturated heterocycles. The standard InChI is InChI=1S/C13H18O/c1-5-10-14-12-9-7-6-8-11(12)13(2,3)4/h5-10H,1-4H3.